The van der Waals surface area contributed by atoms with Crippen molar-refractivity contribution >= 4 is 33.2 Å². The minimum Gasteiger partial charge on any atom is -0.383 e. The molecule has 0 aliphatic rings. The second kappa shape index (κ2) is 6.61. The fraction of sp³-hybridized carbons (Fsp3) is 0.538. The van der Waals surface area contributed by atoms with Gasteiger partial charge in [-0.1, -0.05) is 18.5 Å². The van der Waals surface area contributed by atoms with Crippen molar-refractivity contribution in [3.8, 4) is 0 Å². The van der Waals surface area contributed by atoms with Crippen LogP contribution in [-0.4, -0.2) is 41.2 Å². The molecule has 2 aromatic heterocycles. The number of methoxy groups -OCH3 is 1. The van der Waals surface area contributed by atoms with Crippen LogP contribution in [0.5, 0.6) is 0 Å². The molecule has 1 atom stereocenters. The Hall–Kier alpha value is -0.750. The molecule has 2 aromatic rings. The fourth-order valence-corrected chi connectivity index (χ4v) is 3.13. The van der Waals surface area contributed by atoms with Crippen LogP contribution in [0.1, 0.15) is 19.7 Å². The third kappa shape index (κ3) is 3.42. The van der Waals surface area contributed by atoms with Crippen LogP contribution in [0.3, 0.4) is 0 Å². The van der Waals surface area contributed by atoms with Crippen LogP contribution >= 0.6 is 22.9 Å². The minimum absolute atomic E-state index is 0.330. The van der Waals surface area contributed by atoms with Crippen LogP contribution in [0.4, 0.5) is 0 Å². The number of hydrogen-bond donors (Lipinski definition) is 0. The summed E-state index contributed by atoms with van der Waals surface area (Å²) in [4.78, 5) is 12.2. The van der Waals surface area contributed by atoms with Crippen molar-refractivity contribution in [2.75, 3.05) is 20.3 Å². The normalized spacial score (nSPS) is 13.3. The summed E-state index contributed by atoms with van der Waals surface area (Å²) < 4.78 is 5.20. The standard InChI is InChI=1S/C13H18ClN3OS/c1-4-17(9(2)8-18-3)7-11-15-12(14)10-5-6-19-13(10)16-11/h5-6,9H,4,7-8H2,1-3H3. The average molecular weight is 300 g/mol. The molecule has 0 radical (unpaired) electrons. The van der Waals surface area contributed by atoms with Crippen LogP contribution in [0.2, 0.25) is 5.15 Å². The second-order valence-corrected chi connectivity index (χ2v) is 5.69. The predicted octanol–water partition coefficient (Wildman–Crippen LogP) is 3.20. The van der Waals surface area contributed by atoms with Crippen molar-refractivity contribution in [1.82, 2.24) is 14.9 Å². The topological polar surface area (TPSA) is 38.2 Å². The van der Waals surface area contributed by atoms with Crippen LogP contribution in [0.15, 0.2) is 11.4 Å². The van der Waals surface area contributed by atoms with Gasteiger partial charge in [-0.05, 0) is 24.9 Å². The summed E-state index contributed by atoms with van der Waals surface area (Å²) in [7, 11) is 1.72. The largest absolute Gasteiger partial charge is 0.383 e. The highest BCUT2D eigenvalue weighted by atomic mass is 35.5. The molecule has 0 saturated heterocycles. The Morgan fingerprint density at radius 3 is 2.95 bits per heavy atom. The van der Waals surface area contributed by atoms with Crippen molar-refractivity contribution in [1.29, 1.82) is 0 Å². The molecule has 0 aliphatic heterocycles. The van der Waals surface area contributed by atoms with Crippen molar-refractivity contribution < 1.29 is 4.74 Å². The summed E-state index contributed by atoms with van der Waals surface area (Å²) in [5.41, 5.74) is 0. The number of thiophene rings is 1. The molecule has 2 heterocycles. The molecule has 0 amide bonds. The smallest absolute Gasteiger partial charge is 0.145 e. The molecule has 104 valence electrons. The average Bonchev–Trinajstić information content (AvgIpc) is 2.85. The van der Waals surface area contributed by atoms with Gasteiger partial charge in [0, 0.05) is 18.5 Å². The van der Waals surface area contributed by atoms with Crippen LogP contribution in [-0.2, 0) is 11.3 Å². The van der Waals surface area contributed by atoms with Crippen molar-refractivity contribution in [3.63, 3.8) is 0 Å². The lowest BCUT2D eigenvalue weighted by molar-refractivity contribution is 0.0966. The van der Waals surface area contributed by atoms with Gasteiger partial charge in [0.25, 0.3) is 0 Å². The number of likely N-dealkylation sites (N-methyl/N-ethyl adjacent to an activating group) is 1. The van der Waals surface area contributed by atoms with E-state index in [4.69, 9.17) is 16.3 Å². The van der Waals surface area contributed by atoms with Gasteiger partial charge in [0.15, 0.2) is 0 Å². The van der Waals surface area contributed by atoms with Gasteiger partial charge in [0.05, 0.1) is 13.2 Å². The zero-order valence-corrected chi connectivity index (χ0v) is 13.0. The number of nitrogens with zero attached hydrogens (tertiary/aromatic N) is 3. The van der Waals surface area contributed by atoms with Crippen LogP contribution in [0, 0.1) is 0 Å². The SMILES string of the molecule is CCN(Cc1nc(Cl)c2ccsc2n1)C(C)COC. The lowest BCUT2D eigenvalue weighted by atomic mass is 10.3. The Balaban J connectivity index is 2.19. The molecule has 0 aromatic carbocycles. The molecule has 0 spiro atoms. The molecule has 1 unspecified atom stereocenters. The van der Waals surface area contributed by atoms with Crippen molar-refractivity contribution in [3.05, 3.63) is 22.4 Å². The zero-order chi connectivity index (χ0) is 13.8. The van der Waals surface area contributed by atoms with Gasteiger partial charge in [0.2, 0.25) is 0 Å². The molecule has 0 saturated carbocycles. The molecular formula is C13H18ClN3OS. The van der Waals surface area contributed by atoms with E-state index in [1.807, 2.05) is 11.4 Å². The molecule has 0 fully saturated rings. The van der Waals surface area contributed by atoms with Gasteiger partial charge in [-0.3, -0.25) is 4.90 Å². The van der Waals surface area contributed by atoms with Gasteiger partial charge in [-0.25, -0.2) is 9.97 Å². The Morgan fingerprint density at radius 2 is 2.26 bits per heavy atom. The second-order valence-electron chi connectivity index (χ2n) is 4.44. The molecule has 0 N–H and O–H groups in total. The highest BCUT2D eigenvalue weighted by Crippen LogP contribution is 2.25. The van der Waals surface area contributed by atoms with E-state index in [0.29, 0.717) is 24.3 Å². The Bertz CT molecular complexity index is 546. The Labute approximate surface area is 122 Å². The van der Waals surface area contributed by atoms with Crippen LogP contribution in [0.25, 0.3) is 10.2 Å². The number of fused-ring (bicyclic) bond motifs is 1. The minimum atomic E-state index is 0.330. The molecule has 0 bridgehead atoms. The first kappa shape index (κ1) is 14.7. The summed E-state index contributed by atoms with van der Waals surface area (Å²) in [5.74, 6) is 0.768. The van der Waals surface area contributed by atoms with E-state index in [1.54, 1.807) is 18.4 Å². The van der Waals surface area contributed by atoms with Gasteiger partial charge in [-0.2, -0.15) is 0 Å². The first-order chi connectivity index (χ1) is 9.15. The van der Waals surface area contributed by atoms with Gasteiger partial charge < -0.3 is 4.74 Å². The Kier molecular flexibility index (Phi) is 5.10. The maximum atomic E-state index is 6.18. The highest BCUT2D eigenvalue weighted by molar-refractivity contribution is 7.16. The zero-order valence-electron chi connectivity index (χ0n) is 11.4. The monoisotopic (exact) mass is 299 g/mol. The molecule has 6 heteroatoms. The summed E-state index contributed by atoms with van der Waals surface area (Å²) in [6.45, 7) is 6.57. The Morgan fingerprint density at radius 1 is 1.47 bits per heavy atom. The molecule has 4 nitrogen and oxygen atoms in total. The van der Waals surface area contributed by atoms with E-state index >= 15 is 0 Å². The lowest BCUT2D eigenvalue weighted by Gasteiger charge is -2.26. The third-order valence-electron chi connectivity index (χ3n) is 3.11. The summed E-state index contributed by atoms with van der Waals surface area (Å²) in [6, 6.07) is 2.29. The summed E-state index contributed by atoms with van der Waals surface area (Å²) in [6.07, 6.45) is 0. The molecule has 0 aliphatic carbocycles. The van der Waals surface area contributed by atoms with E-state index in [1.165, 1.54) is 0 Å². The van der Waals surface area contributed by atoms with Crippen LogP contribution < -0.4 is 0 Å². The highest BCUT2D eigenvalue weighted by Gasteiger charge is 2.15. The molecule has 2 rings (SSSR count). The number of rotatable bonds is 6. The van der Waals surface area contributed by atoms with Gasteiger partial charge in [-0.15, -0.1) is 11.3 Å². The third-order valence-corrected chi connectivity index (χ3v) is 4.20. The summed E-state index contributed by atoms with van der Waals surface area (Å²) >= 11 is 7.77. The number of halogens is 1. The van der Waals surface area contributed by atoms with Crippen molar-refractivity contribution in [2.24, 2.45) is 0 Å². The van der Waals surface area contributed by atoms with E-state index in [2.05, 4.69) is 28.7 Å². The fourth-order valence-electron chi connectivity index (χ4n) is 2.04. The van der Waals surface area contributed by atoms with Crippen molar-refractivity contribution in [2.45, 2.75) is 26.4 Å². The van der Waals surface area contributed by atoms with Gasteiger partial charge in [0.1, 0.15) is 15.8 Å². The van der Waals surface area contributed by atoms with Gasteiger partial charge >= 0.3 is 0 Å². The first-order valence-corrected chi connectivity index (χ1v) is 7.54. The molecular weight excluding hydrogens is 282 g/mol. The van der Waals surface area contributed by atoms with E-state index in [0.717, 1.165) is 22.6 Å². The number of aromatic nitrogens is 2. The van der Waals surface area contributed by atoms with E-state index in [-0.39, 0.29) is 0 Å². The maximum Gasteiger partial charge on any atom is 0.145 e. The lowest BCUT2D eigenvalue weighted by Crippen LogP contribution is -2.36. The summed E-state index contributed by atoms with van der Waals surface area (Å²) in [5, 5.41) is 3.46. The van der Waals surface area contributed by atoms with E-state index < -0.39 is 0 Å². The number of hydrogen-bond acceptors (Lipinski definition) is 5. The predicted molar refractivity (Wildman–Crippen MR) is 79.8 cm³/mol. The van der Waals surface area contributed by atoms with E-state index in [9.17, 15) is 0 Å². The first-order valence-electron chi connectivity index (χ1n) is 6.28. The quantitative estimate of drug-likeness (QED) is 0.768. The molecule has 19 heavy (non-hydrogen) atoms. The number of ether oxygens (including phenoxy) is 1. The maximum absolute atomic E-state index is 6.18.